The maximum absolute atomic E-state index is 12.8. The molecular formula is C26H35IN4O. The summed E-state index contributed by atoms with van der Waals surface area (Å²) in [6, 6.07) is 18.2. The van der Waals surface area contributed by atoms with Gasteiger partial charge >= 0.3 is 0 Å². The number of nitrogens with zero attached hydrogens (tertiary/aromatic N) is 4. The van der Waals surface area contributed by atoms with Crippen molar-refractivity contribution in [1.29, 1.82) is 0 Å². The minimum Gasteiger partial charge on any atom is -0.336 e. The van der Waals surface area contributed by atoms with Crippen LogP contribution in [0.2, 0.25) is 0 Å². The molecule has 0 bridgehead atoms. The Labute approximate surface area is 206 Å². The SMILES string of the molecule is CC.CC.O=C(c1ccccc1I)N1CCN(Cc2cncn2Cc2ccccc2)CC1. The molecule has 1 saturated heterocycles. The predicted octanol–water partition coefficient (Wildman–Crippen LogP) is 5.55. The van der Waals surface area contributed by atoms with Gasteiger partial charge in [-0.25, -0.2) is 4.98 Å². The van der Waals surface area contributed by atoms with E-state index in [2.05, 4.69) is 61.3 Å². The number of carbonyl (C=O) groups is 1. The number of benzene rings is 2. The van der Waals surface area contributed by atoms with Crippen LogP contribution in [0.4, 0.5) is 0 Å². The van der Waals surface area contributed by atoms with Gasteiger partial charge < -0.3 is 9.47 Å². The molecule has 0 spiro atoms. The van der Waals surface area contributed by atoms with Crippen molar-refractivity contribution in [2.24, 2.45) is 0 Å². The standard InChI is InChI=1S/C22H23IN4O.2C2H6/c23-21-9-5-4-8-20(21)22(28)26-12-10-25(11-13-26)16-19-14-24-17-27(19)15-18-6-2-1-3-7-18;2*1-2/h1-9,14,17H,10-13,15-16H2;2*1-2H3. The Morgan fingerprint density at radius 2 is 1.50 bits per heavy atom. The van der Waals surface area contributed by atoms with Crippen LogP contribution >= 0.6 is 22.6 Å². The molecule has 1 fully saturated rings. The molecule has 0 N–H and O–H groups in total. The van der Waals surface area contributed by atoms with Gasteiger partial charge in [0.2, 0.25) is 0 Å². The average molecular weight is 546 g/mol. The first-order valence-electron chi connectivity index (χ1n) is 11.5. The van der Waals surface area contributed by atoms with Crippen LogP contribution in [0.1, 0.15) is 49.3 Å². The molecule has 4 rings (SSSR count). The number of imidazole rings is 1. The Hall–Kier alpha value is -2.19. The molecule has 6 heteroatoms. The number of hydrogen-bond acceptors (Lipinski definition) is 3. The third-order valence-electron chi connectivity index (χ3n) is 5.14. The van der Waals surface area contributed by atoms with Gasteiger partial charge in [0.1, 0.15) is 0 Å². The average Bonchev–Trinajstić information content (AvgIpc) is 3.29. The fourth-order valence-corrected chi connectivity index (χ4v) is 4.16. The van der Waals surface area contributed by atoms with E-state index in [4.69, 9.17) is 0 Å². The molecule has 3 aromatic rings. The summed E-state index contributed by atoms with van der Waals surface area (Å²) in [5.74, 6) is 0.138. The van der Waals surface area contributed by atoms with Crippen LogP contribution in [-0.2, 0) is 13.1 Å². The second kappa shape index (κ2) is 14.1. The molecule has 0 aliphatic carbocycles. The van der Waals surface area contributed by atoms with Crippen molar-refractivity contribution in [3.05, 3.63) is 87.5 Å². The topological polar surface area (TPSA) is 41.4 Å². The third-order valence-corrected chi connectivity index (χ3v) is 6.08. The lowest BCUT2D eigenvalue weighted by atomic mass is 10.2. The second-order valence-electron chi connectivity index (χ2n) is 7.05. The molecule has 1 aromatic heterocycles. The highest BCUT2D eigenvalue weighted by Crippen LogP contribution is 2.16. The van der Waals surface area contributed by atoms with Crippen LogP contribution in [-0.4, -0.2) is 51.4 Å². The Morgan fingerprint density at radius 1 is 0.875 bits per heavy atom. The zero-order chi connectivity index (χ0) is 23.3. The summed E-state index contributed by atoms with van der Waals surface area (Å²) in [4.78, 5) is 21.5. The highest BCUT2D eigenvalue weighted by Gasteiger charge is 2.23. The van der Waals surface area contributed by atoms with E-state index in [0.29, 0.717) is 0 Å². The van der Waals surface area contributed by atoms with Crippen molar-refractivity contribution in [2.45, 2.75) is 40.8 Å². The molecule has 0 atom stereocenters. The number of hydrogen-bond donors (Lipinski definition) is 0. The van der Waals surface area contributed by atoms with E-state index in [1.54, 1.807) is 0 Å². The smallest absolute Gasteiger partial charge is 0.255 e. The molecule has 2 aromatic carbocycles. The van der Waals surface area contributed by atoms with Crippen molar-refractivity contribution >= 4 is 28.5 Å². The fraction of sp³-hybridized carbons (Fsp3) is 0.385. The van der Waals surface area contributed by atoms with Crippen LogP contribution in [0.3, 0.4) is 0 Å². The van der Waals surface area contributed by atoms with Gasteiger partial charge in [0.05, 0.1) is 17.6 Å². The van der Waals surface area contributed by atoms with E-state index < -0.39 is 0 Å². The minimum absolute atomic E-state index is 0.138. The summed E-state index contributed by atoms with van der Waals surface area (Å²) in [7, 11) is 0. The summed E-state index contributed by atoms with van der Waals surface area (Å²) < 4.78 is 3.22. The number of halogens is 1. The third kappa shape index (κ3) is 7.17. The number of aromatic nitrogens is 2. The van der Waals surface area contributed by atoms with E-state index in [0.717, 1.165) is 48.4 Å². The van der Waals surface area contributed by atoms with Crippen LogP contribution in [0.15, 0.2) is 67.1 Å². The monoisotopic (exact) mass is 546 g/mol. The first-order chi connectivity index (χ1) is 15.7. The number of rotatable bonds is 5. The van der Waals surface area contributed by atoms with E-state index in [-0.39, 0.29) is 5.91 Å². The van der Waals surface area contributed by atoms with Gasteiger partial charge in [-0.1, -0.05) is 70.2 Å². The molecule has 1 aliphatic rings. The van der Waals surface area contributed by atoms with E-state index in [9.17, 15) is 4.79 Å². The zero-order valence-electron chi connectivity index (χ0n) is 19.7. The van der Waals surface area contributed by atoms with Crippen molar-refractivity contribution in [3.8, 4) is 0 Å². The summed E-state index contributed by atoms with van der Waals surface area (Å²) in [5, 5.41) is 0. The number of piperazine rings is 1. The molecular weight excluding hydrogens is 511 g/mol. The van der Waals surface area contributed by atoms with Crippen LogP contribution in [0, 0.1) is 3.57 Å². The molecule has 1 aliphatic heterocycles. The lowest BCUT2D eigenvalue weighted by molar-refractivity contribution is 0.0624. The maximum Gasteiger partial charge on any atom is 0.255 e. The zero-order valence-corrected chi connectivity index (χ0v) is 21.8. The van der Waals surface area contributed by atoms with E-state index in [1.165, 1.54) is 11.3 Å². The summed E-state index contributed by atoms with van der Waals surface area (Å²) >= 11 is 2.24. The molecule has 0 radical (unpaired) electrons. The number of carbonyl (C=O) groups excluding carboxylic acids is 1. The van der Waals surface area contributed by atoms with Crippen LogP contribution < -0.4 is 0 Å². The molecule has 0 unspecified atom stereocenters. The molecule has 5 nitrogen and oxygen atoms in total. The predicted molar refractivity (Wildman–Crippen MR) is 141 cm³/mol. The van der Waals surface area contributed by atoms with Gasteiger partial charge in [-0.2, -0.15) is 0 Å². The van der Waals surface area contributed by atoms with Crippen molar-refractivity contribution in [1.82, 2.24) is 19.4 Å². The van der Waals surface area contributed by atoms with Gasteiger partial charge in [0.15, 0.2) is 0 Å². The maximum atomic E-state index is 12.8. The van der Waals surface area contributed by atoms with Gasteiger partial charge in [0, 0.05) is 49.0 Å². The van der Waals surface area contributed by atoms with Gasteiger partial charge in [-0.3, -0.25) is 9.69 Å². The van der Waals surface area contributed by atoms with Crippen LogP contribution in [0.5, 0.6) is 0 Å². The summed E-state index contributed by atoms with van der Waals surface area (Å²) in [6.45, 7) is 13.0. The first-order valence-corrected chi connectivity index (χ1v) is 12.6. The summed E-state index contributed by atoms with van der Waals surface area (Å²) in [6.07, 6.45) is 3.85. The van der Waals surface area contributed by atoms with Gasteiger partial charge in [-0.15, -0.1) is 0 Å². The van der Waals surface area contributed by atoms with Gasteiger partial charge in [0.25, 0.3) is 5.91 Å². The van der Waals surface area contributed by atoms with Crippen molar-refractivity contribution in [3.63, 3.8) is 0 Å². The highest BCUT2D eigenvalue weighted by atomic mass is 127. The highest BCUT2D eigenvalue weighted by molar-refractivity contribution is 14.1. The Balaban J connectivity index is 0.000000860. The molecule has 32 heavy (non-hydrogen) atoms. The Bertz CT molecular complexity index is 934. The Kier molecular flexibility index (Phi) is 11.5. The lowest BCUT2D eigenvalue weighted by Gasteiger charge is -2.35. The molecule has 1 amide bonds. The molecule has 172 valence electrons. The second-order valence-corrected chi connectivity index (χ2v) is 8.21. The fourth-order valence-electron chi connectivity index (χ4n) is 3.55. The normalized spacial score (nSPS) is 13.5. The van der Waals surface area contributed by atoms with E-state index in [1.807, 2.05) is 75.5 Å². The van der Waals surface area contributed by atoms with Crippen LogP contribution in [0.25, 0.3) is 0 Å². The van der Waals surface area contributed by atoms with Gasteiger partial charge in [-0.05, 0) is 40.3 Å². The lowest BCUT2D eigenvalue weighted by Crippen LogP contribution is -2.48. The van der Waals surface area contributed by atoms with E-state index >= 15 is 0 Å². The first kappa shape index (κ1) is 26.1. The largest absolute Gasteiger partial charge is 0.336 e. The van der Waals surface area contributed by atoms with Crippen molar-refractivity contribution < 1.29 is 4.79 Å². The minimum atomic E-state index is 0.138. The number of amides is 1. The quantitative estimate of drug-likeness (QED) is 0.395. The summed E-state index contributed by atoms with van der Waals surface area (Å²) in [5.41, 5.74) is 3.29. The molecule has 0 saturated carbocycles. The van der Waals surface area contributed by atoms with Crippen molar-refractivity contribution in [2.75, 3.05) is 26.2 Å². The Morgan fingerprint density at radius 3 is 2.16 bits per heavy atom. The molecule has 2 heterocycles.